The molecular formula is C32H34ClN5O5S. The number of nitrogens with zero attached hydrogens (tertiary/aromatic N) is 5. The van der Waals surface area contributed by atoms with E-state index in [1.54, 1.807) is 26.2 Å². The molecule has 5 rings (SSSR count). The first kappa shape index (κ1) is 31.5. The number of halogens is 1. The standard InChI is InChI=1S/C32H34ClN5O5S/c1-35(2)20-22-10-14-25(29(17-22)43-5)32(37-16-6-7-28(37)30(39)36(3)4)26-18-23(33)11-15-27(26)38(31(32)40)44(41,42)24-12-8-21(19-34)9-13-24/h8-15,17-18,28H,6-7,16,20H2,1-5H3/t28-,32?/m0/s1. The van der Waals surface area contributed by atoms with Crippen LogP contribution in [-0.4, -0.2) is 82.8 Å². The minimum atomic E-state index is -4.48. The lowest BCUT2D eigenvalue weighted by atomic mass is 9.80. The van der Waals surface area contributed by atoms with Crippen LogP contribution in [0.25, 0.3) is 0 Å². The van der Waals surface area contributed by atoms with Crippen LogP contribution >= 0.6 is 11.6 Å². The van der Waals surface area contributed by atoms with E-state index in [4.69, 9.17) is 16.3 Å². The van der Waals surface area contributed by atoms with Gasteiger partial charge in [-0.1, -0.05) is 23.7 Å². The van der Waals surface area contributed by atoms with E-state index in [0.29, 0.717) is 47.8 Å². The molecule has 2 heterocycles. The second kappa shape index (κ2) is 11.9. The van der Waals surface area contributed by atoms with E-state index in [0.717, 1.165) is 9.87 Å². The minimum Gasteiger partial charge on any atom is -0.496 e. The van der Waals surface area contributed by atoms with Crippen molar-refractivity contribution in [2.24, 2.45) is 0 Å². The summed E-state index contributed by atoms with van der Waals surface area (Å²) in [6.45, 7) is 0.944. The Hall–Kier alpha value is -3.95. The summed E-state index contributed by atoms with van der Waals surface area (Å²) in [5, 5.41) is 9.56. The molecule has 10 nitrogen and oxygen atoms in total. The lowest BCUT2D eigenvalue weighted by Crippen LogP contribution is -2.59. The lowest BCUT2D eigenvalue weighted by molar-refractivity contribution is -0.138. The van der Waals surface area contributed by atoms with Gasteiger partial charge >= 0.3 is 0 Å². The first-order valence-electron chi connectivity index (χ1n) is 14.1. The molecule has 2 aliphatic rings. The van der Waals surface area contributed by atoms with Gasteiger partial charge in [0.25, 0.3) is 15.9 Å². The third kappa shape index (κ3) is 5.02. The summed E-state index contributed by atoms with van der Waals surface area (Å²) in [7, 11) is 4.21. The molecule has 0 aliphatic carbocycles. The third-order valence-corrected chi connectivity index (χ3v) is 10.1. The highest BCUT2D eigenvalue weighted by molar-refractivity contribution is 7.93. The van der Waals surface area contributed by atoms with Crippen molar-refractivity contribution >= 4 is 39.1 Å². The summed E-state index contributed by atoms with van der Waals surface area (Å²) >= 11 is 6.57. The topological polar surface area (TPSA) is 114 Å². The number of anilines is 1. The van der Waals surface area contributed by atoms with Crippen molar-refractivity contribution in [1.82, 2.24) is 14.7 Å². The van der Waals surface area contributed by atoms with E-state index in [-0.39, 0.29) is 22.1 Å². The number of rotatable bonds is 8. The average molecular weight is 636 g/mol. The number of ether oxygens (including phenoxy) is 1. The normalized spacial score (nSPS) is 20.1. The molecule has 3 aromatic carbocycles. The van der Waals surface area contributed by atoms with Gasteiger partial charge in [-0.2, -0.15) is 5.26 Å². The van der Waals surface area contributed by atoms with Gasteiger partial charge in [-0.15, -0.1) is 0 Å². The van der Waals surface area contributed by atoms with E-state index >= 15 is 4.79 Å². The number of amides is 2. The highest BCUT2D eigenvalue weighted by Crippen LogP contribution is 2.55. The van der Waals surface area contributed by atoms with Crippen LogP contribution in [0.4, 0.5) is 5.69 Å². The molecule has 230 valence electrons. The number of likely N-dealkylation sites (N-methyl/N-ethyl adjacent to an activating group) is 1. The number of benzene rings is 3. The van der Waals surface area contributed by atoms with Crippen LogP contribution in [0.5, 0.6) is 5.75 Å². The monoisotopic (exact) mass is 635 g/mol. The molecule has 0 saturated carbocycles. The van der Waals surface area contributed by atoms with Crippen LogP contribution in [-0.2, 0) is 31.7 Å². The van der Waals surface area contributed by atoms with Crippen molar-refractivity contribution in [1.29, 1.82) is 5.26 Å². The van der Waals surface area contributed by atoms with Crippen molar-refractivity contribution in [2.45, 2.75) is 35.9 Å². The van der Waals surface area contributed by atoms with Gasteiger partial charge in [-0.3, -0.25) is 14.5 Å². The van der Waals surface area contributed by atoms with Crippen LogP contribution in [0.1, 0.15) is 35.1 Å². The van der Waals surface area contributed by atoms with Crippen LogP contribution in [0.2, 0.25) is 5.02 Å². The molecular weight excluding hydrogens is 602 g/mol. The number of hydrogen-bond acceptors (Lipinski definition) is 8. The summed E-state index contributed by atoms with van der Waals surface area (Å²) in [6, 6.07) is 16.8. The molecule has 1 unspecified atom stereocenters. The lowest BCUT2D eigenvalue weighted by Gasteiger charge is -2.42. The fourth-order valence-electron chi connectivity index (χ4n) is 6.31. The van der Waals surface area contributed by atoms with E-state index in [9.17, 15) is 18.5 Å². The summed E-state index contributed by atoms with van der Waals surface area (Å²) in [6.07, 6.45) is 1.09. The maximum absolute atomic E-state index is 15.2. The number of fused-ring (bicyclic) bond motifs is 1. The fourth-order valence-corrected chi connectivity index (χ4v) is 7.94. The Bertz CT molecular complexity index is 1770. The van der Waals surface area contributed by atoms with Crippen LogP contribution < -0.4 is 9.04 Å². The smallest absolute Gasteiger partial charge is 0.271 e. The Labute approximate surface area is 263 Å². The molecule has 44 heavy (non-hydrogen) atoms. The zero-order chi connectivity index (χ0) is 32.0. The molecule has 0 aromatic heterocycles. The molecule has 2 aliphatic heterocycles. The predicted octanol–water partition coefficient (Wildman–Crippen LogP) is 3.81. The van der Waals surface area contributed by atoms with Crippen molar-refractivity contribution in [3.05, 3.63) is 87.9 Å². The van der Waals surface area contributed by atoms with Crippen LogP contribution in [0, 0.1) is 11.3 Å². The number of sulfonamides is 1. The van der Waals surface area contributed by atoms with E-state index < -0.39 is 27.5 Å². The fraction of sp³-hybridized carbons (Fsp3) is 0.344. The Morgan fingerprint density at radius 2 is 1.77 bits per heavy atom. The van der Waals surface area contributed by atoms with Gasteiger partial charge in [-0.25, -0.2) is 12.7 Å². The number of likely N-dealkylation sites (tertiary alicyclic amines) is 1. The average Bonchev–Trinajstić information content (AvgIpc) is 3.57. The van der Waals surface area contributed by atoms with E-state index in [1.807, 2.05) is 42.1 Å². The second-order valence-corrected chi connectivity index (χ2v) is 13.7. The van der Waals surface area contributed by atoms with Crippen LogP contribution in [0.15, 0.2) is 65.6 Å². The zero-order valence-electron chi connectivity index (χ0n) is 25.2. The summed E-state index contributed by atoms with van der Waals surface area (Å²) in [5.41, 5.74) is 0.312. The summed E-state index contributed by atoms with van der Waals surface area (Å²) in [5.74, 6) is -0.588. The quantitative estimate of drug-likeness (QED) is 0.367. The van der Waals surface area contributed by atoms with Crippen LogP contribution in [0.3, 0.4) is 0 Å². The van der Waals surface area contributed by atoms with Crippen molar-refractivity contribution in [3.63, 3.8) is 0 Å². The number of carbonyl (C=O) groups is 2. The van der Waals surface area contributed by atoms with Gasteiger partial charge in [0.15, 0.2) is 5.54 Å². The molecule has 0 bridgehead atoms. The molecule has 0 spiro atoms. The van der Waals surface area contributed by atoms with Crippen molar-refractivity contribution < 1.29 is 22.7 Å². The molecule has 12 heteroatoms. The second-order valence-electron chi connectivity index (χ2n) is 11.4. The molecule has 0 N–H and O–H groups in total. The first-order valence-corrected chi connectivity index (χ1v) is 15.9. The third-order valence-electron chi connectivity index (χ3n) is 8.15. The number of nitriles is 1. The Morgan fingerprint density at radius 1 is 1.07 bits per heavy atom. The highest BCUT2D eigenvalue weighted by atomic mass is 35.5. The van der Waals surface area contributed by atoms with Gasteiger partial charge in [0, 0.05) is 43.3 Å². The van der Waals surface area contributed by atoms with Gasteiger partial charge in [0.2, 0.25) is 5.91 Å². The molecule has 3 aromatic rings. The SMILES string of the molecule is COc1cc(CN(C)C)ccc1C1(N2CCC[C@H]2C(=O)N(C)C)C(=O)N(S(=O)(=O)c2ccc(C#N)cc2)c2ccc(Cl)cc21. The molecule has 2 atom stereocenters. The van der Waals surface area contributed by atoms with Gasteiger partial charge in [0.05, 0.1) is 35.4 Å². The van der Waals surface area contributed by atoms with Crippen molar-refractivity contribution in [2.75, 3.05) is 46.2 Å². The maximum Gasteiger partial charge on any atom is 0.271 e. The number of hydrogen-bond donors (Lipinski definition) is 0. The Kier molecular flexibility index (Phi) is 8.48. The largest absolute Gasteiger partial charge is 0.496 e. The zero-order valence-corrected chi connectivity index (χ0v) is 26.8. The maximum atomic E-state index is 15.2. The first-order chi connectivity index (χ1) is 20.9. The number of methoxy groups -OCH3 is 1. The molecule has 1 saturated heterocycles. The molecule has 0 radical (unpaired) electrons. The number of carbonyl (C=O) groups excluding carboxylic acids is 2. The molecule has 1 fully saturated rings. The highest BCUT2D eigenvalue weighted by Gasteiger charge is 2.63. The minimum absolute atomic E-state index is 0.131. The Balaban J connectivity index is 1.84. The predicted molar refractivity (Wildman–Crippen MR) is 167 cm³/mol. The summed E-state index contributed by atoms with van der Waals surface area (Å²) < 4.78 is 35.4. The summed E-state index contributed by atoms with van der Waals surface area (Å²) in [4.78, 5) is 34.0. The van der Waals surface area contributed by atoms with Gasteiger partial charge in [0.1, 0.15) is 5.75 Å². The van der Waals surface area contributed by atoms with Crippen molar-refractivity contribution in [3.8, 4) is 11.8 Å². The van der Waals surface area contributed by atoms with Gasteiger partial charge < -0.3 is 14.5 Å². The van der Waals surface area contributed by atoms with Gasteiger partial charge in [-0.05, 0) is 81.0 Å². The van der Waals surface area contributed by atoms with E-state index in [1.165, 1.54) is 48.4 Å². The van der Waals surface area contributed by atoms with E-state index in [2.05, 4.69) is 0 Å². The molecule has 2 amide bonds. The Morgan fingerprint density at radius 3 is 2.39 bits per heavy atom.